The van der Waals surface area contributed by atoms with Crippen molar-refractivity contribution < 1.29 is 38.9 Å². The normalized spacial score (nSPS) is 10.5. The highest BCUT2D eigenvalue weighted by Crippen LogP contribution is 2.13. The molecule has 2 amide bonds. The SMILES string of the molecule is CC(=O)OCCN(CCO)C(=O)c1ccc(C(=O)N(CCO)CCO)o1. The predicted molar refractivity (Wildman–Crippen MR) is 88.4 cm³/mol. The van der Waals surface area contributed by atoms with E-state index in [2.05, 4.69) is 0 Å². The van der Waals surface area contributed by atoms with Crippen LogP contribution in [0, 0.1) is 0 Å². The van der Waals surface area contributed by atoms with Crippen LogP contribution in [-0.4, -0.2) is 95.5 Å². The van der Waals surface area contributed by atoms with Crippen LogP contribution in [0.25, 0.3) is 0 Å². The maximum absolute atomic E-state index is 12.4. The van der Waals surface area contributed by atoms with Gasteiger partial charge in [0, 0.05) is 26.6 Å². The summed E-state index contributed by atoms with van der Waals surface area (Å²) in [5, 5.41) is 27.0. The van der Waals surface area contributed by atoms with Crippen molar-refractivity contribution in [1.82, 2.24) is 9.80 Å². The quantitative estimate of drug-likeness (QED) is 0.407. The number of amides is 2. The molecule has 10 heteroatoms. The first-order valence-electron chi connectivity index (χ1n) is 8.08. The van der Waals surface area contributed by atoms with Crippen molar-refractivity contribution >= 4 is 17.8 Å². The number of furan rings is 1. The number of aliphatic hydroxyl groups is 3. The van der Waals surface area contributed by atoms with Crippen LogP contribution in [0.4, 0.5) is 0 Å². The molecule has 26 heavy (non-hydrogen) atoms. The standard InChI is InChI=1S/C16H24N2O8/c1-12(22)25-11-7-18(6-10-21)16(24)14-3-2-13(26-14)15(23)17(4-8-19)5-9-20/h2-3,19-21H,4-11H2,1H3. The molecule has 10 nitrogen and oxygen atoms in total. The molecule has 0 unspecified atom stereocenters. The van der Waals surface area contributed by atoms with Gasteiger partial charge in [-0.1, -0.05) is 0 Å². The van der Waals surface area contributed by atoms with Gasteiger partial charge >= 0.3 is 5.97 Å². The van der Waals surface area contributed by atoms with E-state index in [1.54, 1.807) is 0 Å². The number of ether oxygens (including phenoxy) is 1. The molecule has 0 aliphatic carbocycles. The molecule has 146 valence electrons. The zero-order valence-corrected chi connectivity index (χ0v) is 14.6. The molecular weight excluding hydrogens is 348 g/mol. The molecule has 1 aromatic heterocycles. The van der Waals surface area contributed by atoms with Crippen LogP contribution in [0.15, 0.2) is 16.5 Å². The highest BCUT2D eigenvalue weighted by Gasteiger charge is 2.23. The van der Waals surface area contributed by atoms with Gasteiger partial charge in [-0.15, -0.1) is 0 Å². The lowest BCUT2D eigenvalue weighted by Crippen LogP contribution is -2.36. The number of hydrogen-bond donors (Lipinski definition) is 3. The van der Waals surface area contributed by atoms with E-state index in [9.17, 15) is 14.4 Å². The average Bonchev–Trinajstić information content (AvgIpc) is 3.09. The molecule has 0 aromatic carbocycles. The van der Waals surface area contributed by atoms with Crippen LogP contribution in [0.1, 0.15) is 28.0 Å². The summed E-state index contributed by atoms with van der Waals surface area (Å²) in [7, 11) is 0. The van der Waals surface area contributed by atoms with E-state index in [0.717, 1.165) is 0 Å². The molecule has 1 rings (SSSR count). The third-order valence-corrected chi connectivity index (χ3v) is 3.38. The van der Waals surface area contributed by atoms with Crippen LogP contribution in [0.3, 0.4) is 0 Å². The second kappa shape index (κ2) is 11.2. The molecule has 0 aliphatic rings. The van der Waals surface area contributed by atoms with Gasteiger partial charge in [-0.25, -0.2) is 0 Å². The monoisotopic (exact) mass is 372 g/mol. The first kappa shape index (κ1) is 21.6. The summed E-state index contributed by atoms with van der Waals surface area (Å²) in [6.45, 7) is 0.456. The third-order valence-electron chi connectivity index (χ3n) is 3.38. The Kier molecular flexibility index (Phi) is 9.34. The summed E-state index contributed by atoms with van der Waals surface area (Å²) in [4.78, 5) is 38.0. The Morgan fingerprint density at radius 1 is 0.885 bits per heavy atom. The van der Waals surface area contributed by atoms with Gasteiger partial charge in [-0.05, 0) is 12.1 Å². The number of hydrogen-bond acceptors (Lipinski definition) is 8. The zero-order chi connectivity index (χ0) is 19.5. The molecular formula is C16H24N2O8. The molecule has 0 bridgehead atoms. The highest BCUT2D eigenvalue weighted by atomic mass is 16.5. The Morgan fingerprint density at radius 2 is 1.31 bits per heavy atom. The minimum absolute atomic E-state index is 0.00519. The van der Waals surface area contributed by atoms with Gasteiger partial charge in [-0.2, -0.15) is 0 Å². The number of carbonyl (C=O) groups excluding carboxylic acids is 3. The van der Waals surface area contributed by atoms with Crippen molar-refractivity contribution in [2.24, 2.45) is 0 Å². The van der Waals surface area contributed by atoms with Gasteiger partial charge < -0.3 is 34.3 Å². The fourth-order valence-corrected chi connectivity index (χ4v) is 2.17. The Balaban J connectivity index is 2.82. The Bertz CT molecular complexity index is 595. The smallest absolute Gasteiger partial charge is 0.302 e. The summed E-state index contributed by atoms with van der Waals surface area (Å²) in [5.74, 6) is -1.85. The molecule has 0 atom stereocenters. The second-order valence-corrected chi connectivity index (χ2v) is 5.26. The lowest BCUT2D eigenvalue weighted by atomic mass is 10.3. The molecule has 0 radical (unpaired) electrons. The first-order valence-corrected chi connectivity index (χ1v) is 8.08. The van der Waals surface area contributed by atoms with Crippen LogP contribution in [0.2, 0.25) is 0 Å². The summed E-state index contributed by atoms with van der Waals surface area (Å²) >= 11 is 0. The number of aliphatic hydroxyl groups excluding tert-OH is 3. The van der Waals surface area contributed by atoms with Gasteiger partial charge in [0.1, 0.15) is 6.61 Å². The van der Waals surface area contributed by atoms with E-state index in [0.29, 0.717) is 0 Å². The summed E-state index contributed by atoms with van der Waals surface area (Å²) < 4.78 is 10.1. The second-order valence-electron chi connectivity index (χ2n) is 5.26. The average molecular weight is 372 g/mol. The van der Waals surface area contributed by atoms with Gasteiger partial charge in [-0.3, -0.25) is 14.4 Å². The first-order chi connectivity index (χ1) is 12.4. The van der Waals surface area contributed by atoms with E-state index >= 15 is 0 Å². The van der Waals surface area contributed by atoms with E-state index in [1.165, 1.54) is 28.9 Å². The van der Waals surface area contributed by atoms with Gasteiger partial charge in [0.25, 0.3) is 11.8 Å². The number of nitrogens with zero attached hydrogens (tertiary/aromatic N) is 2. The Hall–Kier alpha value is -2.43. The molecule has 0 fully saturated rings. The van der Waals surface area contributed by atoms with Crippen molar-refractivity contribution in [3.63, 3.8) is 0 Å². The summed E-state index contributed by atoms with van der Waals surface area (Å²) in [6, 6.07) is 2.64. The highest BCUT2D eigenvalue weighted by molar-refractivity contribution is 5.95. The van der Waals surface area contributed by atoms with Crippen molar-refractivity contribution in [1.29, 1.82) is 0 Å². The van der Waals surface area contributed by atoms with Crippen molar-refractivity contribution in [2.45, 2.75) is 6.92 Å². The Morgan fingerprint density at radius 3 is 1.69 bits per heavy atom. The minimum Gasteiger partial charge on any atom is -0.464 e. The maximum atomic E-state index is 12.4. The molecule has 0 aliphatic heterocycles. The fourth-order valence-electron chi connectivity index (χ4n) is 2.17. The number of rotatable bonds is 11. The predicted octanol–water partition coefficient (Wildman–Crippen LogP) is -1.30. The van der Waals surface area contributed by atoms with Gasteiger partial charge in [0.15, 0.2) is 11.5 Å². The number of esters is 1. The fraction of sp³-hybridized carbons (Fsp3) is 0.562. The molecule has 0 saturated heterocycles. The molecule has 1 aromatic rings. The minimum atomic E-state index is -0.569. The summed E-state index contributed by atoms with van der Waals surface area (Å²) in [5.41, 5.74) is 0. The molecule has 1 heterocycles. The van der Waals surface area contributed by atoms with E-state index < -0.39 is 17.8 Å². The van der Waals surface area contributed by atoms with E-state index in [-0.39, 0.29) is 64.1 Å². The molecule has 3 N–H and O–H groups in total. The van der Waals surface area contributed by atoms with E-state index in [1.807, 2.05) is 0 Å². The van der Waals surface area contributed by atoms with Crippen molar-refractivity contribution in [3.8, 4) is 0 Å². The Labute approximate surface area is 150 Å². The third kappa shape index (κ3) is 6.47. The molecule has 0 spiro atoms. The lowest BCUT2D eigenvalue weighted by molar-refractivity contribution is -0.141. The number of carbonyl (C=O) groups is 3. The topological polar surface area (TPSA) is 141 Å². The van der Waals surface area contributed by atoms with Crippen LogP contribution in [0.5, 0.6) is 0 Å². The molecule has 0 saturated carbocycles. The van der Waals surface area contributed by atoms with Crippen molar-refractivity contribution in [3.05, 3.63) is 23.7 Å². The van der Waals surface area contributed by atoms with E-state index in [4.69, 9.17) is 24.5 Å². The maximum Gasteiger partial charge on any atom is 0.302 e. The van der Waals surface area contributed by atoms with Crippen LogP contribution >= 0.6 is 0 Å². The lowest BCUT2D eigenvalue weighted by Gasteiger charge is -2.20. The van der Waals surface area contributed by atoms with Crippen LogP contribution < -0.4 is 0 Å². The largest absolute Gasteiger partial charge is 0.464 e. The van der Waals surface area contributed by atoms with Gasteiger partial charge in [0.05, 0.1) is 26.4 Å². The van der Waals surface area contributed by atoms with Crippen molar-refractivity contribution in [2.75, 3.05) is 52.6 Å². The summed E-state index contributed by atoms with van der Waals surface area (Å²) in [6.07, 6.45) is 0. The zero-order valence-electron chi connectivity index (χ0n) is 14.6. The van der Waals surface area contributed by atoms with Gasteiger partial charge in [0.2, 0.25) is 0 Å². The van der Waals surface area contributed by atoms with Crippen LogP contribution in [-0.2, 0) is 9.53 Å².